The summed E-state index contributed by atoms with van der Waals surface area (Å²) in [5.41, 5.74) is 2.37. The van der Waals surface area contributed by atoms with Crippen molar-refractivity contribution in [1.29, 1.82) is 0 Å². The summed E-state index contributed by atoms with van der Waals surface area (Å²) in [5.74, 6) is 0.242. The molecule has 4 rings (SSSR count). The van der Waals surface area contributed by atoms with Crippen molar-refractivity contribution < 1.29 is 14.3 Å². The number of amides is 1. The summed E-state index contributed by atoms with van der Waals surface area (Å²) in [6.07, 6.45) is 4.74. The van der Waals surface area contributed by atoms with Crippen LogP contribution in [0.5, 0.6) is 5.75 Å². The Labute approximate surface area is 163 Å². The lowest BCUT2D eigenvalue weighted by molar-refractivity contribution is 0.0637. The van der Waals surface area contributed by atoms with E-state index in [1.165, 1.54) is 0 Å². The molecule has 0 aliphatic carbocycles. The second-order valence-electron chi connectivity index (χ2n) is 6.88. The van der Waals surface area contributed by atoms with Crippen LogP contribution in [0.4, 0.5) is 0 Å². The summed E-state index contributed by atoms with van der Waals surface area (Å²) in [7, 11) is 1.56. The second kappa shape index (κ2) is 7.76. The quantitative estimate of drug-likeness (QED) is 0.654. The molecule has 2 heterocycles. The van der Waals surface area contributed by atoms with E-state index in [0.717, 1.165) is 12.8 Å². The lowest BCUT2D eigenvalue weighted by Crippen LogP contribution is -2.42. The number of piperidine rings is 1. The number of para-hydroxylation sites is 2. The molecule has 1 aromatic heterocycles. The molecule has 1 aliphatic heterocycles. The first-order valence-electron chi connectivity index (χ1n) is 9.35. The summed E-state index contributed by atoms with van der Waals surface area (Å²) >= 11 is 0. The highest BCUT2D eigenvalue weighted by Gasteiger charge is 2.31. The number of Topliss-reactive ketones (excluding diaryl/α,β-unsaturated/α-hetero) is 1. The fourth-order valence-corrected chi connectivity index (χ4v) is 3.78. The van der Waals surface area contributed by atoms with Gasteiger partial charge in [0.15, 0.2) is 5.78 Å². The van der Waals surface area contributed by atoms with Crippen LogP contribution in [0.15, 0.2) is 54.9 Å². The maximum atomic E-state index is 13.2. The Morgan fingerprint density at radius 2 is 1.82 bits per heavy atom. The summed E-state index contributed by atoms with van der Waals surface area (Å²) in [4.78, 5) is 36.6. The first-order chi connectivity index (χ1) is 13.7. The number of carbonyl (C=O) groups is 2. The number of methoxy groups -OCH3 is 1. The molecule has 1 amide bonds. The monoisotopic (exact) mass is 375 g/mol. The zero-order valence-corrected chi connectivity index (χ0v) is 15.7. The van der Waals surface area contributed by atoms with Crippen LogP contribution >= 0.6 is 0 Å². The molecule has 3 aromatic rings. The fourth-order valence-electron chi connectivity index (χ4n) is 3.78. The normalized spacial score (nSPS) is 16.8. The molecular formula is C22H21N3O3. The molecule has 28 heavy (non-hydrogen) atoms. The van der Waals surface area contributed by atoms with E-state index in [4.69, 9.17) is 4.74 Å². The van der Waals surface area contributed by atoms with Gasteiger partial charge in [0.2, 0.25) is 0 Å². The predicted octanol–water partition coefficient (Wildman–Crippen LogP) is 3.37. The average molecular weight is 375 g/mol. The first kappa shape index (κ1) is 18.1. The van der Waals surface area contributed by atoms with Crippen LogP contribution < -0.4 is 4.74 Å². The second-order valence-corrected chi connectivity index (χ2v) is 6.88. The third-order valence-electron chi connectivity index (χ3n) is 5.18. The molecule has 6 heteroatoms. The molecule has 1 aliphatic rings. The van der Waals surface area contributed by atoms with Crippen molar-refractivity contribution in [2.75, 3.05) is 20.2 Å². The van der Waals surface area contributed by atoms with Crippen molar-refractivity contribution >= 4 is 22.7 Å². The molecule has 142 valence electrons. The molecule has 2 aromatic carbocycles. The largest absolute Gasteiger partial charge is 0.496 e. The van der Waals surface area contributed by atoms with Gasteiger partial charge in [0.1, 0.15) is 11.3 Å². The smallest absolute Gasteiger partial charge is 0.256 e. The van der Waals surface area contributed by atoms with E-state index in [2.05, 4.69) is 9.97 Å². The Morgan fingerprint density at radius 1 is 1.04 bits per heavy atom. The average Bonchev–Trinajstić information content (AvgIpc) is 2.77. The van der Waals surface area contributed by atoms with Gasteiger partial charge in [-0.05, 0) is 37.1 Å². The van der Waals surface area contributed by atoms with Crippen molar-refractivity contribution in [1.82, 2.24) is 14.9 Å². The van der Waals surface area contributed by atoms with Crippen LogP contribution in [0.1, 0.15) is 33.6 Å². The molecular weight excluding hydrogens is 354 g/mol. The van der Waals surface area contributed by atoms with E-state index >= 15 is 0 Å². The molecule has 0 spiro atoms. The topological polar surface area (TPSA) is 72.4 Å². The van der Waals surface area contributed by atoms with Crippen LogP contribution in [0, 0.1) is 5.92 Å². The van der Waals surface area contributed by atoms with E-state index in [-0.39, 0.29) is 17.6 Å². The summed E-state index contributed by atoms with van der Waals surface area (Å²) in [6, 6.07) is 12.7. The van der Waals surface area contributed by atoms with Gasteiger partial charge in [-0.25, -0.2) is 0 Å². The fraction of sp³-hybridized carbons (Fsp3) is 0.273. The van der Waals surface area contributed by atoms with Gasteiger partial charge in [0.05, 0.1) is 23.8 Å². The molecule has 6 nitrogen and oxygen atoms in total. The Balaban J connectivity index is 1.58. The highest BCUT2D eigenvalue weighted by atomic mass is 16.5. The Hall–Kier alpha value is -3.28. The van der Waals surface area contributed by atoms with Crippen molar-refractivity contribution in [3.8, 4) is 5.75 Å². The number of rotatable bonds is 4. The number of carbonyl (C=O) groups excluding carboxylic acids is 2. The molecule has 0 unspecified atom stereocenters. The number of ketones is 1. The number of nitrogens with zero attached hydrogens (tertiary/aromatic N) is 3. The Morgan fingerprint density at radius 3 is 2.68 bits per heavy atom. The minimum absolute atomic E-state index is 0.0210. The number of aromatic nitrogens is 2. The number of hydrogen-bond acceptors (Lipinski definition) is 5. The Bertz CT molecular complexity index is 1030. The van der Waals surface area contributed by atoms with Gasteiger partial charge in [-0.1, -0.05) is 18.2 Å². The number of fused-ring (bicyclic) bond motifs is 1. The molecule has 1 saturated heterocycles. The minimum Gasteiger partial charge on any atom is -0.496 e. The zero-order chi connectivity index (χ0) is 19.5. The molecule has 0 radical (unpaired) electrons. The van der Waals surface area contributed by atoms with Gasteiger partial charge < -0.3 is 9.64 Å². The third kappa shape index (κ3) is 3.33. The minimum atomic E-state index is -0.241. The van der Waals surface area contributed by atoms with Crippen LogP contribution in [-0.4, -0.2) is 46.8 Å². The summed E-state index contributed by atoms with van der Waals surface area (Å²) in [5, 5.41) is 0. The van der Waals surface area contributed by atoms with E-state index in [1.54, 1.807) is 42.6 Å². The van der Waals surface area contributed by atoms with Crippen LogP contribution in [0.25, 0.3) is 11.0 Å². The van der Waals surface area contributed by atoms with Gasteiger partial charge in [-0.2, -0.15) is 0 Å². The molecule has 0 bridgehead atoms. The third-order valence-corrected chi connectivity index (χ3v) is 5.18. The van der Waals surface area contributed by atoms with Crippen LogP contribution in [0.2, 0.25) is 0 Å². The molecule has 1 fully saturated rings. The lowest BCUT2D eigenvalue weighted by atomic mass is 9.89. The van der Waals surface area contributed by atoms with Crippen LogP contribution in [-0.2, 0) is 0 Å². The van der Waals surface area contributed by atoms with E-state index in [0.29, 0.717) is 41.0 Å². The number of ether oxygens (including phenoxy) is 1. The van der Waals surface area contributed by atoms with Gasteiger partial charge in [-0.15, -0.1) is 0 Å². The van der Waals surface area contributed by atoms with E-state index < -0.39 is 0 Å². The highest BCUT2D eigenvalue weighted by Crippen LogP contribution is 2.27. The van der Waals surface area contributed by atoms with Crippen LogP contribution in [0.3, 0.4) is 0 Å². The van der Waals surface area contributed by atoms with Crippen molar-refractivity contribution in [2.45, 2.75) is 12.8 Å². The Kier molecular flexibility index (Phi) is 5.02. The molecule has 0 N–H and O–H groups in total. The van der Waals surface area contributed by atoms with Crippen molar-refractivity contribution in [2.24, 2.45) is 5.92 Å². The van der Waals surface area contributed by atoms with Gasteiger partial charge in [-0.3, -0.25) is 19.6 Å². The maximum absolute atomic E-state index is 13.2. The van der Waals surface area contributed by atoms with Gasteiger partial charge in [0, 0.05) is 31.4 Å². The van der Waals surface area contributed by atoms with Gasteiger partial charge in [0.25, 0.3) is 5.91 Å². The zero-order valence-electron chi connectivity index (χ0n) is 15.7. The SMILES string of the molecule is COc1ccccc1C(=O)[C@H]1CCCN(C(=O)c2cccc3nccnc23)C1. The number of likely N-dealkylation sites (tertiary alicyclic amines) is 1. The standard InChI is InChI=1S/C22H21N3O3/c1-28-19-10-3-2-7-16(19)21(26)15-6-5-13-25(14-15)22(27)17-8-4-9-18-20(17)24-12-11-23-18/h2-4,7-12,15H,5-6,13-14H2,1H3/t15-/m0/s1. The first-order valence-corrected chi connectivity index (χ1v) is 9.35. The maximum Gasteiger partial charge on any atom is 0.256 e. The van der Waals surface area contributed by atoms with E-state index in [1.807, 2.05) is 24.3 Å². The number of hydrogen-bond donors (Lipinski definition) is 0. The van der Waals surface area contributed by atoms with E-state index in [9.17, 15) is 9.59 Å². The predicted molar refractivity (Wildman–Crippen MR) is 105 cm³/mol. The van der Waals surface area contributed by atoms with Crippen molar-refractivity contribution in [3.05, 3.63) is 66.0 Å². The lowest BCUT2D eigenvalue weighted by Gasteiger charge is -2.32. The molecule has 0 saturated carbocycles. The number of benzene rings is 2. The highest BCUT2D eigenvalue weighted by molar-refractivity contribution is 6.05. The summed E-state index contributed by atoms with van der Waals surface area (Å²) in [6.45, 7) is 1.03. The van der Waals surface area contributed by atoms with Gasteiger partial charge >= 0.3 is 0 Å². The van der Waals surface area contributed by atoms with Crippen molar-refractivity contribution in [3.63, 3.8) is 0 Å². The molecule has 1 atom stereocenters. The summed E-state index contributed by atoms with van der Waals surface area (Å²) < 4.78 is 5.33.